The fourth-order valence-corrected chi connectivity index (χ4v) is 6.08. The van der Waals surface area contributed by atoms with E-state index in [1.165, 1.54) is 23.2 Å². The molecular formula is C29H25FN6O3S. The Hall–Kier alpha value is -4.51. The summed E-state index contributed by atoms with van der Waals surface area (Å²) < 4.78 is 17.2. The molecule has 6 rings (SSSR count). The lowest BCUT2D eigenvalue weighted by atomic mass is 10.0. The lowest BCUT2D eigenvalue weighted by Crippen LogP contribution is -2.46. The lowest BCUT2D eigenvalue weighted by Gasteiger charge is -2.24. The number of benzene rings is 2. The molecule has 0 aliphatic carbocycles. The van der Waals surface area contributed by atoms with E-state index in [9.17, 15) is 18.8 Å². The number of nitrogens with one attached hydrogen (secondary N) is 1. The number of nitrogens with zero attached hydrogens (tertiary/aromatic N) is 5. The van der Waals surface area contributed by atoms with Gasteiger partial charge >= 0.3 is 0 Å². The Balaban J connectivity index is 1.21. The molecule has 1 saturated heterocycles. The van der Waals surface area contributed by atoms with Crippen molar-refractivity contribution in [2.75, 3.05) is 6.54 Å². The van der Waals surface area contributed by atoms with Crippen LogP contribution in [0.5, 0.6) is 0 Å². The van der Waals surface area contributed by atoms with E-state index in [-0.39, 0.29) is 31.8 Å². The predicted octanol–water partition coefficient (Wildman–Crippen LogP) is 4.17. The first-order chi connectivity index (χ1) is 19.4. The minimum Gasteiger partial charge on any atom is -0.348 e. The van der Waals surface area contributed by atoms with Crippen molar-refractivity contribution in [2.45, 2.75) is 38.6 Å². The quantitative estimate of drug-likeness (QED) is 0.302. The van der Waals surface area contributed by atoms with Crippen molar-refractivity contribution < 1.29 is 18.8 Å². The van der Waals surface area contributed by atoms with Gasteiger partial charge in [0.15, 0.2) is 5.78 Å². The predicted molar refractivity (Wildman–Crippen MR) is 149 cm³/mol. The first-order valence-corrected chi connectivity index (χ1v) is 13.7. The number of alkyl halides is 1. The van der Waals surface area contributed by atoms with Crippen LogP contribution in [-0.2, 0) is 22.7 Å². The molecule has 0 bridgehead atoms. The standard InChI is InChI=1S/C29H25FN6O3S/c1-17(37)22-15-35(24-7-6-18(10-21(22)24)19-8-9-32-33-12-19)16-28(38)36-14-20(30)11-25(36)29(39)31-13-27-34-23-4-2-3-5-26(23)40-27/h2-10,12,15,20,25H,11,13-14,16H2,1H3,(H,31,39). The van der Waals surface area contributed by atoms with Crippen molar-refractivity contribution in [3.8, 4) is 11.1 Å². The van der Waals surface area contributed by atoms with Gasteiger partial charge in [-0.15, -0.1) is 11.3 Å². The average molecular weight is 557 g/mol. The third kappa shape index (κ3) is 4.95. The zero-order chi connectivity index (χ0) is 27.8. The Bertz CT molecular complexity index is 1720. The average Bonchev–Trinajstić information content (AvgIpc) is 3.66. The van der Waals surface area contributed by atoms with Gasteiger partial charge in [0, 0.05) is 34.6 Å². The highest BCUT2D eigenvalue weighted by Crippen LogP contribution is 2.29. The summed E-state index contributed by atoms with van der Waals surface area (Å²) in [6, 6.07) is 14.2. The van der Waals surface area contributed by atoms with Crippen LogP contribution in [-0.4, -0.2) is 61.0 Å². The fraction of sp³-hybridized carbons (Fsp3) is 0.241. The molecule has 202 valence electrons. The van der Waals surface area contributed by atoms with Crippen molar-refractivity contribution in [2.24, 2.45) is 0 Å². The number of ketones is 1. The molecule has 1 fully saturated rings. The number of amides is 2. The molecule has 2 amide bonds. The van der Waals surface area contributed by atoms with E-state index in [2.05, 4.69) is 20.5 Å². The Morgan fingerprint density at radius 2 is 1.95 bits per heavy atom. The van der Waals surface area contributed by atoms with Crippen LogP contribution in [0.2, 0.25) is 0 Å². The molecule has 5 aromatic rings. The highest BCUT2D eigenvalue weighted by atomic mass is 32.1. The highest BCUT2D eigenvalue weighted by molar-refractivity contribution is 7.18. The molecule has 9 nitrogen and oxygen atoms in total. The molecule has 4 heterocycles. The molecule has 40 heavy (non-hydrogen) atoms. The van der Waals surface area contributed by atoms with Crippen molar-refractivity contribution in [3.05, 3.63) is 77.7 Å². The number of thiazole rings is 1. The number of hydrogen-bond donors (Lipinski definition) is 1. The SMILES string of the molecule is CC(=O)c1cn(CC(=O)N2CC(F)CC2C(=O)NCc2nc3ccccc3s2)c2ccc(-c3ccnnc3)cc12. The molecule has 2 atom stereocenters. The first kappa shape index (κ1) is 25.8. The summed E-state index contributed by atoms with van der Waals surface area (Å²) in [5, 5.41) is 12.0. The van der Waals surface area contributed by atoms with E-state index >= 15 is 0 Å². The number of halogens is 1. The Kier molecular flexibility index (Phi) is 6.81. The Morgan fingerprint density at radius 1 is 1.10 bits per heavy atom. The van der Waals surface area contributed by atoms with Crippen molar-refractivity contribution in [1.82, 2.24) is 30.0 Å². The number of fused-ring (bicyclic) bond motifs is 2. The molecule has 2 aromatic carbocycles. The normalized spacial score (nSPS) is 17.0. The summed E-state index contributed by atoms with van der Waals surface area (Å²) in [5.74, 6) is -0.946. The number of Topliss-reactive ketones (excluding diaryl/α,β-unsaturated/α-hetero) is 1. The van der Waals surface area contributed by atoms with Gasteiger partial charge in [-0.3, -0.25) is 14.4 Å². The number of likely N-dealkylation sites (tertiary alicyclic amines) is 1. The van der Waals surface area contributed by atoms with Crippen LogP contribution >= 0.6 is 11.3 Å². The molecule has 11 heteroatoms. The second kappa shape index (κ2) is 10.6. The van der Waals surface area contributed by atoms with Crippen molar-refractivity contribution in [1.29, 1.82) is 0 Å². The van der Waals surface area contributed by atoms with E-state index in [0.29, 0.717) is 16.5 Å². The van der Waals surface area contributed by atoms with Gasteiger partial charge in [0.2, 0.25) is 11.8 Å². The van der Waals surface area contributed by atoms with E-state index in [0.717, 1.165) is 26.4 Å². The van der Waals surface area contributed by atoms with Gasteiger partial charge in [-0.05, 0) is 42.8 Å². The van der Waals surface area contributed by atoms with Crippen LogP contribution in [0.15, 0.2) is 67.1 Å². The molecule has 1 aliphatic rings. The van der Waals surface area contributed by atoms with Gasteiger partial charge in [0.1, 0.15) is 23.8 Å². The van der Waals surface area contributed by atoms with Gasteiger partial charge in [-0.25, -0.2) is 9.37 Å². The summed E-state index contributed by atoms with van der Waals surface area (Å²) in [6.45, 7) is 1.39. The second-order valence-corrected chi connectivity index (χ2v) is 10.9. The zero-order valence-corrected chi connectivity index (χ0v) is 22.4. The molecule has 0 saturated carbocycles. The van der Waals surface area contributed by atoms with Crippen LogP contribution < -0.4 is 5.32 Å². The first-order valence-electron chi connectivity index (χ1n) is 12.8. The third-order valence-corrected chi connectivity index (χ3v) is 8.15. The maximum Gasteiger partial charge on any atom is 0.243 e. The van der Waals surface area contributed by atoms with Crippen LogP contribution in [0.4, 0.5) is 4.39 Å². The van der Waals surface area contributed by atoms with Crippen LogP contribution in [0.1, 0.15) is 28.7 Å². The summed E-state index contributed by atoms with van der Waals surface area (Å²) in [5.41, 5.74) is 3.73. The van der Waals surface area contributed by atoms with E-state index in [1.807, 2.05) is 48.5 Å². The third-order valence-electron chi connectivity index (χ3n) is 7.11. The van der Waals surface area contributed by atoms with Gasteiger partial charge in [-0.2, -0.15) is 10.2 Å². The number of hydrogen-bond acceptors (Lipinski definition) is 7. The molecule has 0 spiro atoms. The maximum atomic E-state index is 14.5. The van der Waals surface area contributed by atoms with Crippen LogP contribution in [0.25, 0.3) is 32.2 Å². The molecule has 1 N–H and O–H groups in total. The Labute approximate surface area is 232 Å². The van der Waals surface area contributed by atoms with Gasteiger partial charge in [0.05, 0.1) is 35.7 Å². The Morgan fingerprint density at radius 3 is 2.73 bits per heavy atom. The van der Waals surface area contributed by atoms with E-state index < -0.39 is 24.0 Å². The minimum atomic E-state index is -1.30. The minimum absolute atomic E-state index is 0.0636. The topological polar surface area (TPSA) is 110 Å². The van der Waals surface area contributed by atoms with Crippen molar-refractivity contribution in [3.63, 3.8) is 0 Å². The smallest absolute Gasteiger partial charge is 0.243 e. The lowest BCUT2D eigenvalue weighted by molar-refractivity contribution is -0.138. The summed E-state index contributed by atoms with van der Waals surface area (Å²) in [7, 11) is 0. The molecular weight excluding hydrogens is 531 g/mol. The molecule has 2 unspecified atom stereocenters. The molecule has 3 aromatic heterocycles. The van der Waals surface area contributed by atoms with Gasteiger partial charge in [-0.1, -0.05) is 18.2 Å². The van der Waals surface area contributed by atoms with Crippen LogP contribution in [0, 0.1) is 0 Å². The van der Waals surface area contributed by atoms with Gasteiger partial charge < -0.3 is 14.8 Å². The molecule has 0 radical (unpaired) electrons. The van der Waals surface area contributed by atoms with E-state index in [1.54, 1.807) is 23.2 Å². The number of carbonyl (C=O) groups is 3. The largest absolute Gasteiger partial charge is 0.348 e. The summed E-state index contributed by atoms with van der Waals surface area (Å²) in [6.07, 6.45) is 3.51. The summed E-state index contributed by atoms with van der Waals surface area (Å²) >= 11 is 1.48. The maximum absolute atomic E-state index is 14.5. The van der Waals surface area contributed by atoms with E-state index in [4.69, 9.17) is 0 Å². The monoisotopic (exact) mass is 556 g/mol. The number of rotatable bonds is 7. The van der Waals surface area contributed by atoms with Crippen LogP contribution in [0.3, 0.4) is 0 Å². The van der Waals surface area contributed by atoms with Crippen molar-refractivity contribution >= 4 is 50.1 Å². The zero-order valence-electron chi connectivity index (χ0n) is 21.6. The summed E-state index contributed by atoms with van der Waals surface area (Å²) in [4.78, 5) is 44.8. The number of para-hydroxylation sites is 1. The number of aromatic nitrogens is 4. The number of carbonyl (C=O) groups excluding carboxylic acids is 3. The fourth-order valence-electron chi connectivity index (χ4n) is 5.17. The second-order valence-electron chi connectivity index (χ2n) is 9.78. The van der Waals surface area contributed by atoms with Gasteiger partial charge in [0.25, 0.3) is 0 Å². The molecule has 1 aliphatic heterocycles. The highest BCUT2D eigenvalue weighted by Gasteiger charge is 2.39.